The van der Waals surface area contributed by atoms with E-state index in [0.29, 0.717) is 17.0 Å². The Labute approximate surface area is 117 Å². The normalized spacial score (nSPS) is 10.2. The zero-order valence-electron chi connectivity index (χ0n) is 11.7. The van der Waals surface area contributed by atoms with Crippen LogP contribution in [0.3, 0.4) is 0 Å². The number of nitrogens with zero attached hydrogens (tertiary/aromatic N) is 2. The minimum Gasteiger partial charge on any atom is -0.496 e. The molecule has 0 fully saturated rings. The standard InChI is InChI=1S/C15H16N2O3/c1-17(20-3)15(18)11-8-9-16-13(10-11)12-6-4-5-7-14(12)19-2/h4-10H,1-3H3. The summed E-state index contributed by atoms with van der Waals surface area (Å²) in [7, 11) is 4.61. The summed E-state index contributed by atoms with van der Waals surface area (Å²) in [6, 6.07) is 10.9. The zero-order chi connectivity index (χ0) is 14.5. The summed E-state index contributed by atoms with van der Waals surface area (Å²) in [5, 5.41) is 1.17. The van der Waals surface area contributed by atoms with E-state index in [-0.39, 0.29) is 5.91 Å². The van der Waals surface area contributed by atoms with E-state index in [9.17, 15) is 4.79 Å². The fraction of sp³-hybridized carbons (Fsp3) is 0.200. The number of aromatic nitrogens is 1. The van der Waals surface area contributed by atoms with Crippen LogP contribution in [0.1, 0.15) is 10.4 Å². The topological polar surface area (TPSA) is 51.7 Å². The van der Waals surface area contributed by atoms with Crippen LogP contribution in [-0.4, -0.2) is 37.2 Å². The van der Waals surface area contributed by atoms with Crippen LogP contribution < -0.4 is 4.74 Å². The number of amides is 1. The van der Waals surface area contributed by atoms with Crippen molar-refractivity contribution in [2.24, 2.45) is 0 Å². The van der Waals surface area contributed by atoms with Gasteiger partial charge in [-0.25, -0.2) is 5.06 Å². The lowest BCUT2D eigenvalue weighted by atomic mass is 10.1. The summed E-state index contributed by atoms with van der Waals surface area (Å²) in [5.41, 5.74) is 2.02. The van der Waals surface area contributed by atoms with Gasteiger partial charge in [-0.1, -0.05) is 12.1 Å². The Kier molecular flexibility index (Phi) is 4.32. The van der Waals surface area contributed by atoms with Crippen molar-refractivity contribution < 1.29 is 14.4 Å². The number of methoxy groups -OCH3 is 1. The van der Waals surface area contributed by atoms with Gasteiger partial charge >= 0.3 is 0 Å². The Morgan fingerprint density at radius 2 is 1.95 bits per heavy atom. The van der Waals surface area contributed by atoms with Crippen molar-refractivity contribution in [3.63, 3.8) is 0 Å². The highest BCUT2D eigenvalue weighted by molar-refractivity contribution is 5.94. The Balaban J connectivity index is 2.42. The summed E-state index contributed by atoms with van der Waals surface area (Å²) in [5.74, 6) is 0.482. The lowest BCUT2D eigenvalue weighted by Crippen LogP contribution is -2.25. The van der Waals surface area contributed by atoms with Crippen molar-refractivity contribution in [1.82, 2.24) is 10.0 Å². The molecule has 5 nitrogen and oxygen atoms in total. The maximum absolute atomic E-state index is 12.1. The molecule has 2 rings (SSSR count). The summed E-state index contributed by atoms with van der Waals surface area (Å²) >= 11 is 0. The molecule has 1 aromatic heterocycles. The minimum atomic E-state index is -0.231. The summed E-state index contributed by atoms with van der Waals surface area (Å²) in [4.78, 5) is 21.2. The monoisotopic (exact) mass is 272 g/mol. The van der Waals surface area contributed by atoms with Crippen LogP contribution in [0.5, 0.6) is 5.75 Å². The molecule has 0 radical (unpaired) electrons. The van der Waals surface area contributed by atoms with E-state index in [2.05, 4.69) is 4.98 Å². The van der Waals surface area contributed by atoms with Crippen molar-refractivity contribution >= 4 is 5.91 Å². The molecular weight excluding hydrogens is 256 g/mol. The van der Waals surface area contributed by atoms with Gasteiger partial charge in [-0.05, 0) is 24.3 Å². The molecular formula is C15H16N2O3. The molecule has 1 heterocycles. The SMILES string of the molecule is COc1ccccc1-c1cc(C(=O)N(C)OC)ccn1. The van der Waals surface area contributed by atoms with Gasteiger partial charge in [0.15, 0.2) is 0 Å². The van der Waals surface area contributed by atoms with Gasteiger partial charge in [-0.15, -0.1) is 0 Å². The molecule has 0 N–H and O–H groups in total. The van der Waals surface area contributed by atoms with Gasteiger partial charge in [-0.3, -0.25) is 14.6 Å². The number of pyridine rings is 1. The van der Waals surface area contributed by atoms with Crippen molar-refractivity contribution in [1.29, 1.82) is 0 Å². The average molecular weight is 272 g/mol. The Morgan fingerprint density at radius 3 is 2.65 bits per heavy atom. The van der Waals surface area contributed by atoms with E-state index in [4.69, 9.17) is 9.57 Å². The van der Waals surface area contributed by atoms with E-state index in [0.717, 1.165) is 5.56 Å². The van der Waals surface area contributed by atoms with Crippen LogP contribution in [-0.2, 0) is 4.84 Å². The van der Waals surface area contributed by atoms with E-state index in [1.165, 1.54) is 12.2 Å². The van der Waals surface area contributed by atoms with E-state index in [1.54, 1.807) is 32.5 Å². The molecule has 0 aliphatic carbocycles. The van der Waals surface area contributed by atoms with Crippen LogP contribution in [0.2, 0.25) is 0 Å². The summed E-state index contributed by atoms with van der Waals surface area (Å²) < 4.78 is 5.31. The molecule has 104 valence electrons. The third-order valence-electron chi connectivity index (χ3n) is 2.95. The van der Waals surface area contributed by atoms with Crippen molar-refractivity contribution in [3.8, 4) is 17.0 Å². The van der Waals surface area contributed by atoms with Crippen molar-refractivity contribution in [2.75, 3.05) is 21.3 Å². The largest absolute Gasteiger partial charge is 0.496 e. The predicted octanol–water partition coefficient (Wildman–Crippen LogP) is 2.39. The maximum atomic E-state index is 12.1. The molecule has 0 saturated carbocycles. The van der Waals surface area contributed by atoms with Crippen LogP contribution in [0.15, 0.2) is 42.6 Å². The summed E-state index contributed by atoms with van der Waals surface area (Å²) in [6.45, 7) is 0. The fourth-order valence-corrected chi connectivity index (χ4v) is 1.83. The molecule has 0 bridgehead atoms. The van der Waals surface area contributed by atoms with Gasteiger partial charge in [-0.2, -0.15) is 0 Å². The number of carbonyl (C=O) groups excluding carboxylic acids is 1. The number of hydrogen-bond acceptors (Lipinski definition) is 4. The number of rotatable bonds is 4. The number of ether oxygens (including phenoxy) is 1. The highest BCUT2D eigenvalue weighted by atomic mass is 16.7. The van der Waals surface area contributed by atoms with Gasteiger partial charge in [0.1, 0.15) is 5.75 Å². The number of benzene rings is 1. The first-order chi connectivity index (χ1) is 9.67. The number of hydroxylamine groups is 2. The minimum absolute atomic E-state index is 0.231. The highest BCUT2D eigenvalue weighted by Gasteiger charge is 2.14. The van der Waals surface area contributed by atoms with Gasteiger partial charge in [0, 0.05) is 24.4 Å². The first-order valence-electron chi connectivity index (χ1n) is 6.09. The molecule has 0 saturated heterocycles. The molecule has 0 unspecified atom stereocenters. The van der Waals surface area contributed by atoms with Crippen LogP contribution in [0, 0.1) is 0 Å². The third kappa shape index (κ3) is 2.78. The molecule has 0 spiro atoms. The van der Waals surface area contributed by atoms with Crippen molar-refractivity contribution in [3.05, 3.63) is 48.2 Å². The molecule has 1 aromatic carbocycles. The van der Waals surface area contributed by atoms with E-state index in [1.807, 2.05) is 24.3 Å². The number of para-hydroxylation sites is 1. The Bertz CT molecular complexity index is 614. The quantitative estimate of drug-likeness (QED) is 0.802. The molecule has 5 heteroatoms. The molecule has 1 amide bonds. The Hall–Kier alpha value is -2.40. The van der Waals surface area contributed by atoms with E-state index < -0.39 is 0 Å². The first kappa shape index (κ1) is 14.0. The smallest absolute Gasteiger partial charge is 0.277 e. The van der Waals surface area contributed by atoms with Crippen LogP contribution >= 0.6 is 0 Å². The van der Waals surface area contributed by atoms with Gasteiger partial charge in [0.25, 0.3) is 5.91 Å². The zero-order valence-corrected chi connectivity index (χ0v) is 11.7. The molecule has 20 heavy (non-hydrogen) atoms. The first-order valence-corrected chi connectivity index (χ1v) is 6.09. The number of carbonyl (C=O) groups is 1. The predicted molar refractivity (Wildman–Crippen MR) is 75.3 cm³/mol. The van der Waals surface area contributed by atoms with E-state index >= 15 is 0 Å². The van der Waals surface area contributed by atoms with Crippen molar-refractivity contribution in [2.45, 2.75) is 0 Å². The lowest BCUT2D eigenvalue weighted by molar-refractivity contribution is -0.0757. The molecule has 0 atom stereocenters. The number of hydrogen-bond donors (Lipinski definition) is 0. The second kappa shape index (κ2) is 6.16. The maximum Gasteiger partial charge on any atom is 0.277 e. The average Bonchev–Trinajstić information content (AvgIpc) is 2.53. The summed E-state index contributed by atoms with van der Waals surface area (Å²) in [6.07, 6.45) is 1.60. The van der Waals surface area contributed by atoms with Crippen LogP contribution in [0.25, 0.3) is 11.3 Å². The molecule has 2 aromatic rings. The second-order valence-electron chi connectivity index (χ2n) is 4.12. The molecule has 0 aliphatic heterocycles. The fourth-order valence-electron chi connectivity index (χ4n) is 1.83. The lowest BCUT2D eigenvalue weighted by Gasteiger charge is -2.14. The highest BCUT2D eigenvalue weighted by Crippen LogP contribution is 2.28. The third-order valence-corrected chi connectivity index (χ3v) is 2.95. The Morgan fingerprint density at radius 1 is 1.20 bits per heavy atom. The van der Waals surface area contributed by atoms with Crippen LogP contribution in [0.4, 0.5) is 0 Å². The molecule has 0 aliphatic rings. The van der Waals surface area contributed by atoms with Gasteiger partial charge in [0.2, 0.25) is 0 Å². The second-order valence-corrected chi connectivity index (χ2v) is 4.12. The van der Waals surface area contributed by atoms with Gasteiger partial charge in [0.05, 0.1) is 19.9 Å². The van der Waals surface area contributed by atoms with Gasteiger partial charge < -0.3 is 4.74 Å².